The lowest BCUT2D eigenvalue weighted by atomic mass is 9.82. The number of piperidine rings is 1. The van der Waals surface area contributed by atoms with Crippen LogP contribution in [0.1, 0.15) is 17.9 Å². The Kier molecular flexibility index (Phi) is 2.07. The Bertz CT molecular complexity index is 441. The second-order valence-corrected chi connectivity index (χ2v) is 4.42. The molecule has 16 heavy (non-hydrogen) atoms. The molecule has 3 nitrogen and oxygen atoms in total. The van der Waals surface area contributed by atoms with Gasteiger partial charge in [-0.05, 0) is 17.9 Å². The van der Waals surface area contributed by atoms with Gasteiger partial charge in [0.25, 0.3) is 5.91 Å². The van der Waals surface area contributed by atoms with Gasteiger partial charge in [-0.3, -0.25) is 10.0 Å². The quantitative estimate of drug-likeness (QED) is 0.574. The Labute approximate surface area is 94.0 Å². The van der Waals surface area contributed by atoms with Gasteiger partial charge in [0.15, 0.2) is 0 Å². The van der Waals surface area contributed by atoms with Crippen LogP contribution < -0.4 is 0 Å². The zero-order valence-corrected chi connectivity index (χ0v) is 8.78. The normalized spacial score (nSPS) is 32.2. The van der Waals surface area contributed by atoms with Crippen molar-refractivity contribution in [2.24, 2.45) is 5.92 Å². The van der Waals surface area contributed by atoms with Crippen LogP contribution >= 0.6 is 0 Å². The van der Waals surface area contributed by atoms with Crippen LogP contribution in [-0.4, -0.2) is 22.2 Å². The highest BCUT2D eigenvalue weighted by Crippen LogP contribution is 2.40. The smallest absolute Gasteiger partial charge is 0.254 e. The second-order valence-electron chi connectivity index (χ2n) is 4.42. The molecule has 1 saturated heterocycles. The van der Waals surface area contributed by atoms with E-state index < -0.39 is 0 Å². The summed E-state index contributed by atoms with van der Waals surface area (Å²) in [6.45, 7) is 0. The molecular weight excluding hydrogens is 202 g/mol. The van der Waals surface area contributed by atoms with Crippen molar-refractivity contribution in [3.8, 4) is 0 Å². The first kappa shape index (κ1) is 9.60. The van der Waals surface area contributed by atoms with Gasteiger partial charge in [-0.25, -0.2) is 5.06 Å². The van der Waals surface area contributed by atoms with Crippen LogP contribution in [0.5, 0.6) is 0 Å². The zero-order chi connectivity index (χ0) is 11.1. The van der Waals surface area contributed by atoms with Crippen LogP contribution in [0.3, 0.4) is 0 Å². The molecule has 1 aliphatic heterocycles. The number of hydrogen-bond donors (Lipinski definition) is 1. The molecule has 3 rings (SSSR count). The summed E-state index contributed by atoms with van der Waals surface area (Å²) in [5.74, 6) is -0.165. The van der Waals surface area contributed by atoms with E-state index >= 15 is 0 Å². The van der Waals surface area contributed by atoms with E-state index in [1.165, 1.54) is 0 Å². The summed E-state index contributed by atoms with van der Waals surface area (Å²) in [6, 6.07) is 9.56. The third-order valence-corrected chi connectivity index (χ3v) is 3.49. The van der Waals surface area contributed by atoms with Crippen molar-refractivity contribution in [1.29, 1.82) is 0 Å². The first-order valence-electron chi connectivity index (χ1n) is 5.52. The Morgan fingerprint density at radius 3 is 2.69 bits per heavy atom. The third kappa shape index (κ3) is 1.28. The highest BCUT2D eigenvalue weighted by atomic mass is 16.5. The fourth-order valence-corrected chi connectivity index (χ4v) is 2.67. The molecule has 1 aromatic rings. The minimum absolute atomic E-state index is 0.113. The predicted octanol–water partition coefficient (Wildman–Crippen LogP) is 1.95. The maximum atomic E-state index is 12.0. The maximum absolute atomic E-state index is 12.0. The number of allylic oxidation sites excluding steroid dienone is 1. The van der Waals surface area contributed by atoms with Gasteiger partial charge in [0, 0.05) is 0 Å². The molecule has 3 atom stereocenters. The van der Waals surface area contributed by atoms with Crippen molar-refractivity contribution in [3.63, 3.8) is 0 Å². The molecule has 2 bridgehead atoms. The van der Waals surface area contributed by atoms with E-state index in [2.05, 4.69) is 6.08 Å². The highest BCUT2D eigenvalue weighted by molar-refractivity contribution is 5.85. The Morgan fingerprint density at radius 1 is 1.19 bits per heavy atom. The standard InChI is InChI=1S/C13H13NO2/c15-13-12(9-4-2-1-3-5-9)10-6-7-11(8-10)14(13)16/h1-7,10-12,16H,8H2/t10-,11+,12+/m0/s1. The molecule has 82 valence electrons. The van der Waals surface area contributed by atoms with Crippen LogP contribution in [0.2, 0.25) is 0 Å². The molecule has 0 aromatic heterocycles. The van der Waals surface area contributed by atoms with Crippen LogP contribution in [0.25, 0.3) is 0 Å². The van der Waals surface area contributed by atoms with Crippen LogP contribution in [-0.2, 0) is 4.79 Å². The molecule has 1 aromatic carbocycles. The molecule has 3 heteroatoms. The monoisotopic (exact) mass is 215 g/mol. The van der Waals surface area contributed by atoms with Crippen LogP contribution in [0.4, 0.5) is 0 Å². The number of carbonyl (C=O) groups is 1. The summed E-state index contributed by atoms with van der Waals surface area (Å²) in [6.07, 6.45) is 4.81. The lowest BCUT2D eigenvalue weighted by molar-refractivity contribution is -0.180. The van der Waals surface area contributed by atoms with Crippen LogP contribution in [0.15, 0.2) is 42.5 Å². The lowest BCUT2D eigenvalue weighted by Gasteiger charge is -2.34. The number of hydroxylamine groups is 2. The number of nitrogens with zero attached hydrogens (tertiary/aromatic N) is 1. The van der Waals surface area contributed by atoms with E-state index in [-0.39, 0.29) is 23.8 Å². The Morgan fingerprint density at radius 2 is 1.94 bits per heavy atom. The van der Waals surface area contributed by atoms with Gasteiger partial charge in [0.1, 0.15) is 0 Å². The molecule has 0 unspecified atom stereocenters. The molecule has 1 amide bonds. The molecule has 0 radical (unpaired) electrons. The topological polar surface area (TPSA) is 40.5 Å². The van der Waals surface area contributed by atoms with Gasteiger partial charge in [-0.2, -0.15) is 0 Å². The van der Waals surface area contributed by atoms with E-state index in [0.29, 0.717) is 0 Å². The SMILES string of the molecule is O=C1[C@H](c2ccccc2)[C@H]2C=C[C@H](C2)N1O. The van der Waals surface area contributed by atoms with Gasteiger partial charge in [-0.1, -0.05) is 42.5 Å². The van der Waals surface area contributed by atoms with E-state index in [0.717, 1.165) is 17.0 Å². The van der Waals surface area contributed by atoms with Gasteiger partial charge in [-0.15, -0.1) is 0 Å². The fourth-order valence-electron chi connectivity index (χ4n) is 2.67. The minimum Gasteiger partial charge on any atom is -0.285 e. The Hall–Kier alpha value is -1.61. The van der Waals surface area contributed by atoms with Gasteiger partial charge in [0.2, 0.25) is 0 Å². The summed E-state index contributed by atoms with van der Waals surface area (Å²) in [5.41, 5.74) is 0.988. The van der Waals surface area contributed by atoms with Crippen molar-refractivity contribution in [2.75, 3.05) is 0 Å². The summed E-state index contributed by atoms with van der Waals surface area (Å²) >= 11 is 0. The zero-order valence-electron chi connectivity index (χ0n) is 8.78. The molecule has 0 saturated carbocycles. The van der Waals surface area contributed by atoms with E-state index in [9.17, 15) is 10.0 Å². The summed E-state index contributed by atoms with van der Waals surface area (Å²) in [7, 11) is 0. The first-order valence-corrected chi connectivity index (χ1v) is 5.52. The van der Waals surface area contributed by atoms with Gasteiger partial charge >= 0.3 is 0 Å². The average molecular weight is 215 g/mol. The summed E-state index contributed by atoms with van der Waals surface area (Å²) in [4.78, 5) is 12.0. The Balaban J connectivity index is 2.00. The number of fused-ring (bicyclic) bond motifs is 2. The molecule has 1 fully saturated rings. The molecule has 1 heterocycles. The maximum Gasteiger partial charge on any atom is 0.254 e. The molecule has 0 spiro atoms. The third-order valence-electron chi connectivity index (χ3n) is 3.49. The molecule has 1 N–H and O–H groups in total. The molecule has 2 aliphatic rings. The molecular formula is C13H13NO2. The number of benzene rings is 1. The molecule has 1 aliphatic carbocycles. The second kappa shape index (κ2) is 3.46. The van der Waals surface area contributed by atoms with E-state index in [4.69, 9.17) is 0 Å². The van der Waals surface area contributed by atoms with Crippen molar-refractivity contribution >= 4 is 5.91 Å². The van der Waals surface area contributed by atoms with Crippen molar-refractivity contribution in [1.82, 2.24) is 5.06 Å². The predicted molar refractivity (Wildman–Crippen MR) is 58.9 cm³/mol. The number of hydrogen-bond acceptors (Lipinski definition) is 2. The first-order chi connectivity index (χ1) is 7.77. The fraction of sp³-hybridized carbons (Fsp3) is 0.308. The number of amides is 1. The van der Waals surface area contributed by atoms with Crippen molar-refractivity contribution < 1.29 is 10.0 Å². The van der Waals surface area contributed by atoms with Gasteiger partial charge < -0.3 is 0 Å². The van der Waals surface area contributed by atoms with Crippen LogP contribution in [0, 0.1) is 5.92 Å². The van der Waals surface area contributed by atoms with Crippen molar-refractivity contribution in [3.05, 3.63) is 48.0 Å². The largest absolute Gasteiger partial charge is 0.285 e. The average Bonchev–Trinajstić information content (AvgIpc) is 2.74. The van der Waals surface area contributed by atoms with E-state index in [1.54, 1.807) is 0 Å². The highest BCUT2D eigenvalue weighted by Gasteiger charge is 2.43. The number of rotatable bonds is 1. The lowest BCUT2D eigenvalue weighted by Crippen LogP contribution is -2.44. The minimum atomic E-state index is -0.221. The summed E-state index contributed by atoms with van der Waals surface area (Å²) < 4.78 is 0. The summed E-state index contributed by atoms with van der Waals surface area (Å²) in [5, 5.41) is 10.6. The number of carbonyl (C=O) groups excluding carboxylic acids is 1. The van der Waals surface area contributed by atoms with Crippen molar-refractivity contribution in [2.45, 2.75) is 18.4 Å². The van der Waals surface area contributed by atoms with E-state index in [1.807, 2.05) is 36.4 Å². The van der Waals surface area contributed by atoms with Gasteiger partial charge in [0.05, 0.1) is 12.0 Å².